The lowest BCUT2D eigenvalue weighted by atomic mass is 9.89. The highest BCUT2D eigenvalue weighted by molar-refractivity contribution is 6.09. The maximum absolute atomic E-state index is 13.5. The molecule has 1 fully saturated rings. The summed E-state index contributed by atoms with van der Waals surface area (Å²) in [5.41, 5.74) is 4.80. The number of fused-ring (bicyclic) bond motifs is 1. The van der Waals surface area contributed by atoms with Gasteiger partial charge in [-0.05, 0) is 67.5 Å². The molecule has 8 nitrogen and oxygen atoms in total. The summed E-state index contributed by atoms with van der Waals surface area (Å²) in [6.45, 7) is 3.30. The predicted octanol–water partition coefficient (Wildman–Crippen LogP) is 4.22. The molecular formula is C29H28N4O4. The summed E-state index contributed by atoms with van der Waals surface area (Å²) in [5, 5.41) is 8.79. The monoisotopic (exact) mass is 496 g/mol. The quantitative estimate of drug-likeness (QED) is 0.535. The molecule has 6 rings (SSSR count). The van der Waals surface area contributed by atoms with Gasteiger partial charge in [-0.1, -0.05) is 48.0 Å². The predicted molar refractivity (Wildman–Crippen MR) is 137 cm³/mol. The van der Waals surface area contributed by atoms with Crippen molar-refractivity contribution >= 4 is 23.6 Å². The molecule has 2 aromatic carbocycles. The lowest BCUT2D eigenvalue weighted by Crippen LogP contribution is -2.43. The van der Waals surface area contributed by atoms with Gasteiger partial charge in [0.25, 0.3) is 11.8 Å². The summed E-state index contributed by atoms with van der Waals surface area (Å²) in [4.78, 5) is 41.0. The average Bonchev–Trinajstić information content (AvgIpc) is 3.68. The van der Waals surface area contributed by atoms with Crippen LogP contribution in [0, 0.1) is 6.92 Å². The Balaban J connectivity index is 1.26. The van der Waals surface area contributed by atoms with E-state index in [-0.39, 0.29) is 0 Å². The molecule has 1 N–H and O–H groups in total. The normalized spacial score (nSPS) is 22.9. The van der Waals surface area contributed by atoms with Crippen molar-refractivity contribution in [2.75, 3.05) is 6.54 Å². The number of rotatable bonds is 5. The Kier molecular flexibility index (Phi) is 5.47. The Morgan fingerprint density at radius 3 is 2.65 bits per heavy atom. The average molecular weight is 497 g/mol. The van der Waals surface area contributed by atoms with E-state index in [1.54, 1.807) is 25.3 Å². The van der Waals surface area contributed by atoms with Gasteiger partial charge in [0.15, 0.2) is 0 Å². The van der Waals surface area contributed by atoms with Crippen molar-refractivity contribution in [3.8, 4) is 0 Å². The van der Waals surface area contributed by atoms with Crippen LogP contribution in [0.4, 0.5) is 4.79 Å². The number of amides is 4. The van der Waals surface area contributed by atoms with Crippen molar-refractivity contribution in [2.45, 2.75) is 51.1 Å². The van der Waals surface area contributed by atoms with E-state index in [9.17, 15) is 14.4 Å². The van der Waals surface area contributed by atoms with E-state index < -0.39 is 36.0 Å². The summed E-state index contributed by atoms with van der Waals surface area (Å²) in [6.07, 6.45) is 5.11. The molecule has 1 aromatic heterocycles. The van der Waals surface area contributed by atoms with E-state index in [0.717, 1.165) is 46.6 Å². The van der Waals surface area contributed by atoms with Crippen molar-refractivity contribution in [1.29, 1.82) is 0 Å². The summed E-state index contributed by atoms with van der Waals surface area (Å²) in [7, 11) is 0. The van der Waals surface area contributed by atoms with Crippen molar-refractivity contribution in [3.05, 3.63) is 94.4 Å². The molecule has 188 valence electrons. The number of carbonyl (C=O) groups excluding carboxylic acids is 3. The highest BCUT2D eigenvalue weighted by atomic mass is 16.3. The molecule has 0 bridgehead atoms. The van der Waals surface area contributed by atoms with Gasteiger partial charge in [-0.15, -0.1) is 0 Å². The number of hydrogen-bond donors (Lipinski definition) is 1. The van der Waals surface area contributed by atoms with Gasteiger partial charge in [0.1, 0.15) is 23.9 Å². The Labute approximate surface area is 214 Å². The molecule has 3 aliphatic rings. The van der Waals surface area contributed by atoms with Crippen LogP contribution < -0.4 is 5.32 Å². The van der Waals surface area contributed by atoms with Gasteiger partial charge in [0.05, 0.1) is 12.0 Å². The molecule has 0 spiro atoms. The van der Waals surface area contributed by atoms with Gasteiger partial charge >= 0.3 is 6.03 Å². The zero-order valence-electron chi connectivity index (χ0n) is 20.9. The van der Waals surface area contributed by atoms with Gasteiger partial charge in [0.2, 0.25) is 0 Å². The maximum atomic E-state index is 13.5. The van der Waals surface area contributed by atoms with E-state index >= 15 is 0 Å². The number of imide groups is 1. The molecule has 4 amide bonds. The van der Waals surface area contributed by atoms with Crippen LogP contribution in [0.1, 0.15) is 59.4 Å². The summed E-state index contributed by atoms with van der Waals surface area (Å²) in [5.74, 6) is -0.301. The molecule has 0 saturated carbocycles. The lowest BCUT2D eigenvalue weighted by Gasteiger charge is -2.24. The smallest absolute Gasteiger partial charge is 0.325 e. The number of hydrazone groups is 1. The lowest BCUT2D eigenvalue weighted by molar-refractivity contribution is -0.140. The van der Waals surface area contributed by atoms with Crippen molar-refractivity contribution in [1.82, 2.24) is 15.2 Å². The number of urea groups is 1. The van der Waals surface area contributed by atoms with Crippen LogP contribution in [-0.2, 0) is 28.0 Å². The molecule has 2 aliphatic heterocycles. The molecule has 8 heteroatoms. The number of aryl methyl sites for hydroxylation is 3. The molecule has 1 saturated heterocycles. The van der Waals surface area contributed by atoms with Crippen molar-refractivity contribution in [3.63, 3.8) is 0 Å². The van der Waals surface area contributed by atoms with Crippen LogP contribution in [0.3, 0.4) is 0 Å². The van der Waals surface area contributed by atoms with Crippen LogP contribution in [-0.4, -0.2) is 40.0 Å². The van der Waals surface area contributed by atoms with E-state index in [2.05, 4.69) is 10.4 Å². The summed E-state index contributed by atoms with van der Waals surface area (Å²) in [6, 6.07) is 16.4. The van der Waals surface area contributed by atoms with E-state index in [1.165, 1.54) is 16.1 Å². The van der Waals surface area contributed by atoms with Gasteiger partial charge in [-0.25, -0.2) is 9.80 Å². The van der Waals surface area contributed by atoms with E-state index in [1.807, 2.05) is 49.4 Å². The van der Waals surface area contributed by atoms with Gasteiger partial charge in [-0.2, -0.15) is 5.10 Å². The first-order valence-electron chi connectivity index (χ1n) is 12.6. The maximum Gasteiger partial charge on any atom is 0.325 e. The second kappa shape index (κ2) is 8.73. The fraction of sp³-hybridized carbons (Fsp3) is 0.310. The molecule has 37 heavy (non-hydrogen) atoms. The first-order valence-corrected chi connectivity index (χ1v) is 12.6. The molecule has 0 radical (unpaired) electrons. The van der Waals surface area contributed by atoms with E-state index in [4.69, 9.17) is 4.42 Å². The van der Waals surface area contributed by atoms with Crippen molar-refractivity contribution < 1.29 is 18.8 Å². The zero-order chi connectivity index (χ0) is 25.7. The fourth-order valence-electron chi connectivity index (χ4n) is 5.49. The first-order chi connectivity index (χ1) is 17.8. The van der Waals surface area contributed by atoms with Crippen LogP contribution in [0.5, 0.6) is 0 Å². The molecule has 1 aliphatic carbocycles. The number of nitrogens with zero attached hydrogens (tertiary/aromatic N) is 3. The standard InChI is InChI=1S/C29H28N4O4/c1-18-8-10-20(11-9-18)23-16-24(25-7-4-14-37-25)33(31-23)26(34)17-32-27(35)29(2,30-28(32)36)22-13-12-19-5-3-6-21(19)15-22/h4,7-15,24H,3,5-6,16-17H2,1-2H3,(H,30,36)/t24-,29-/m0/s1. The minimum Gasteiger partial charge on any atom is -0.467 e. The number of benzene rings is 2. The minimum atomic E-state index is -1.23. The van der Waals surface area contributed by atoms with Crippen LogP contribution in [0.25, 0.3) is 0 Å². The second-order valence-electron chi connectivity index (χ2n) is 10.2. The molecule has 0 unspecified atom stereocenters. The van der Waals surface area contributed by atoms with Crippen molar-refractivity contribution in [2.24, 2.45) is 5.10 Å². The summed E-state index contributed by atoms with van der Waals surface area (Å²) >= 11 is 0. The largest absolute Gasteiger partial charge is 0.467 e. The van der Waals surface area contributed by atoms with Gasteiger partial charge < -0.3 is 9.73 Å². The van der Waals surface area contributed by atoms with Crippen LogP contribution >= 0.6 is 0 Å². The third kappa shape index (κ3) is 3.93. The number of furan rings is 1. The highest BCUT2D eigenvalue weighted by Crippen LogP contribution is 2.35. The number of hydrogen-bond acceptors (Lipinski definition) is 5. The molecular weight excluding hydrogens is 468 g/mol. The molecule has 3 heterocycles. The molecule has 3 aromatic rings. The Morgan fingerprint density at radius 1 is 1.11 bits per heavy atom. The minimum absolute atomic E-state index is 0.410. The second-order valence-corrected chi connectivity index (χ2v) is 10.2. The third-order valence-corrected chi connectivity index (χ3v) is 7.67. The van der Waals surface area contributed by atoms with Crippen LogP contribution in [0.15, 0.2) is 70.4 Å². The SMILES string of the molecule is Cc1ccc(C2=NN(C(=O)CN3C(=O)N[C@@](C)(c4ccc5c(c4)CCC5)C3=O)[C@H](c3ccco3)C2)cc1. The fourth-order valence-corrected chi connectivity index (χ4v) is 5.49. The first kappa shape index (κ1) is 23.2. The van der Waals surface area contributed by atoms with Crippen LogP contribution in [0.2, 0.25) is 0 Å². The zero-order valence-corrected chi connectivity index (χ0v) is 20.9. The Morgan fingerprint density at radius 2 is 1.89 bits per heavy atom. The molecule has 2 atom stereocenters. The topological polar surface area (TPSA) is 95.2 Å². The Bertz CT molecular complexity index is 1430. The third-order valence-electron chi connectivity index (χ3n) is 7.67. The van der Waals surface area contributed by atoms with Gasteiger partial charge in [-0.3, -0.25) is 14.5 Å². The number of nitrogens with one attached hydrogen (secondary N) is 1. The summed E-state index contributed by atoms with van der Waals surface area (Å²) < 4.78 is 5.61. The van der Waals surface area contributed by atoms with Gasteiger partial charge in [0, 0.05) is 6.42 Å². The highest BCUT2D eigenvalue weighted by Gasteiger charge is 2.50. The number of carbonyl (C=O) groups is 3. The van der Waals surface area contributed by atoms with E-state index in [0.29, 0.717) is 12.2 Å². The Hall–Kier alpha value is -4.20.